The monoisotopic (exact) mass is 315 g/mol. The molecule has 2 aromatic rings. The van der Waals surface area contributed by atoms with Gasteiger partial charge in [-0.2, -0.15) is 0 Å². The average molecular weight is 317 g/mol. The van der Waals surface area contributed by atoms with Crippen molar-refractivity contribution in [3.63, 3.8) is 0 Å². The van der Waals surface area contributed by atoms with Gasteiger partial charge in [0.1, 0.15) is 0 Å². The number of benzene rings is 2. The number of carbonyl (C=O) groups is 1. The summed E-state index contributed by atoms with van der Waals surface area (Å²) < 4.78 is 0. The molecular formula is C13H8Cl3NO2. The van der Waals surface area contributed by atoms with E-state index in [0.29, 0.717) is 31.9 Å². The third-order valence-electron chi connectivity index (χ3n) is 2.40. The van der Waals surface area contributed by atoms with Crippen molar-refractivity contribution in [2.75, 3.05) is 5.32 Å². The number of anilines is 1. The molecule has 2 rings (SSSR count). The highest BCUT2D eigenvalue weighted by Gasteiger charge is 2.10. The van der Waals surface area contributed by atoms with Crippen molar-refractivity contribution < 1.29 is 9.90 Å². The predicted molar refractivity (Wildman–Crippen MR) is 78.6 cm³/mol. The van der Waals surface area contributed by atoms with E-state index in [0.717, 1.165) is 0 Å². The van der Waals surface area contributed by atoms with Gasteiger partial charge in [0.2, 0.25) is 0 Å². The lowest BCUT2D eigenvalue weighted by atomic mass is 10.0. The number of nitrogens with one attached hydrogen (secondary N) is 1. The molecule has 1 amide bonds. The lowest BCUT2D eigenvalue weighted by molar-refractivity contribution is 0.210. The van der Waals surface area contributed by atoms with Crippen molar-refractivity contribution in [1.82, 2.24) is 0 Å². The van der Waals surface area contributed by atoms with Gasteiger partial charge >= 0.3 is 6.09 Å². The standard InChI is InChI=1S/C13H8Cl3NO2/c14-8-1-2-12(17-13(18)19)11(6-8)7-3-9(15)5-10(16)4-7/h1-6,17H,(H,18,19). The number of halogens is 3. The number of hydrogen-bond acceptors (Lipinski definition) is 1. The van der Waals surface area contributed by atoms with Crippen LogP contribution in [-0.4, -0.2) is 11.2 Å². The summed E-state index contributed by atoms with van der Waals surface area (Å²) in [5.74, 6) is 0. The van der Waals surface area contributed by atoms with Crippen LogP contribution in [-0.2, 0) is 0 Å². The SMILES string of the molecule is O=C(O)Nc1ccc(Cl)cc1-c1cc(Cl)cc(Cl)c1. The molecule has 0 aliphatic carbocycles. The van der Waals surface area contributed by atoms with E-state index >= 15 is 0 Å². The van der Waals surface area contributed by atoms with Crippen LogP contribution in [0.5, 0.6) is 0 Å². The second kappa shape index (κ2) is 5.70. The van der Waals surface area contributed by atoms with E-state index in [4.69, 9.17) is 39.9 Å². The average Bonchev–Trinajstić information content (AvgIpc) is 2.29. The van der Waals surface area contributed by atoms with Crippen molar-refractivity contribution in [2.45, 2.75) is 0 Å². The molecule has 3 nitrogen and oxygen atoms in total. The van der Waals surface area contributed by atoms with Crippen molar-refractivity contribution >= 4 is 46.6 Å². The number of rotatable bonds is 2. The Kier molecular flexibility index (Phi) is 4.20. The van der Waals surface area contributed by atoms with E-state index in [9.17, 15) is 4.79 Å². The topological polar surface area (TPSA) is 49.3 Å². The van der Waals surface area contributed by atoms with Crippen LogP contribution < -0.4 is 5.32 Å². The first-order valence-electron chi connectivity index (χ1n) is 5.21. The van der Waals surface area contributed by atoms with Gasteiger partial charge in [-0.25, -0.2) is 4.79 Å². The van der Waals surface area contributed by atoms with E-state index in [-0.39, 0.29) is 0 Å². The van der Waals surface area contributed by atoms with Crippen LogP contribution >= 0.6 is 34.8 Å². The number of amides is 1. The van der Waals surface area contributed by atoms with Crippen molar-refractivity contribution in [1.29, 1.82) is 0 Å². The van der Waals surface area contributed by atoms with Crippen molar-refractivity contribution in [2.24, 2.45) is 0 Å². The van der Waals surface area contributed by atoms with Gasteiger partial charge in [0.15, 0.2) is 0 Å². The molecule has 0 heterocycles. The third-order valence-corrected chi connectivity index (χ3v) is 3.07. The first-order valence-corrected chi connectivity index (χ1v) is 6.35. The molecule has 0 bridgehead atoms. The highest BCUT2D eigenvalue weighted by atomic mass is 35.5. The highest BCUT2D eigenvalue weighted by Crippen LogP contribution is 2.34. The molecule has 0 saturated heterocycles. The van der Waals surface area contributed by atoms with E-state index < -0.39 is 6.09 Å². The summed E-state index contributed by atoms with van der Waals surface area (Å²) in [4.78, 5) is 10.8. The maximum Gasteiger partial charge on any atom is 0.409 e. The van der Waals surface area contributed by atoms with Gasteiger partial charge < -0.3 is 5.11 Å². The van der Waals surface area contributed by atoms with Crippen LogP contribution in [0, 0.1) is 0 Å². The van der Waals surface area contributed by atoms with Crippen LogP contribution in [0.1, 0.15) is 0 Å². The van der Waals surface area contributed by atoms with Gasteiger partial charge in [-0.3, -0.25) is 5.32 Å². The zero-order valence-corrected chi connectivity index (χ0v) is 11.7. The first-order chi connectivity index (χ1) is 8.95. The highest BCUT2D eigenvalue weighted by molar-refractivity contribution is 6.35. The van der Waals surface area contributed by atoms with Gasteiger partial charge in [0, 0.05) is 20.6 Å². The molecule has 0 atom stereocenters. The minimum absolute atomic E-state index is 0.412. The molecule has 0 aliphatic rings. The lowest BCUT2D eigenvalue weighted by Gasteiger charge is -2.11. The molecule has 19 heavy (non-hydrogen) atoms. The fourth-order valence-corrected chi connectivity index (χ4v) is 2.39. The van der Waals surface area contributed by atoms with Gasteiger partial charge in [-0.1, -0.05) is 34.8 Å². The molecule has 0 saturated carbocycles. The Bertz CT molecular complexity index is 624. The fourth-order valence-electron chi connectivity index (χ4n) is 1.69. The zero-order valence-electron chi connectivity index (χ0n) is 9.45. The Morgan fingerprint density at radius 3 is 2.16 bits per heavy atom. The molecule has 2 aromatic carbocycles. The van der Waals surface area contributed by atoms with Gasteiger partial charge in [-0.15, -0.1) is 0 Å². The van der Waals surface area contributed by atoms with Crippen molar-refractivity contribution in [3.05, 3.63) is 51.5 Å². The van der Waals surface area contributed by atoms with Crippen LogP contribution in [0.4, 0.5) is 10.5 Å². The molecule has 0 unspecified atom stereocenters. The van der Waals surface area contributed by atoms with E-state index in [2.05, 4.69) is 5.32 Å². The molecule has 0 aliphatic heterocycles. The summed E-state index contributed by atoms with van der Waals surface area (Å²) in [5, 5.41) is 12.5. The lowest BCUT2D eigenvalue weighted by Crippen LogP contribution is -2.08. The Labute approximate surface area is 124 Å². The van der Waals surface area contributed by atoms with Crippen LogP contribution in [0.15, 0.2) is 36.4 Å². The summed E-state index contributed by atoms with van der Waals surface area (Å²) in [5.41, 5.74) is 1.71. The summed E-state index contributed by atoms with van der Waals surface area (Å²) in [6, 6.07) is 9.80. The number of carboxylic acid groups (broad SMARTS) is 1. The van der Waals surface area contributed by atoms with Gasteiger partial charge in [0.05, 0.1) is 5.69 Å². The smallest absolute Gasteiger partial charge is 0.409 e. The molecule has 0 fully saturated rings. The fraction of sp³-hybridized carbons (Fsp3) is 0. The van der Waals surface area contributed by atoms with Crippen LogP contribution in [0.2, 0.25) is 15.1 Å². The molecule has 0 spiro atoms. The van der Waals surface area contributed by atoms with Gasteiger partial charge in [-0.05, 0) is 42.0 Å². The van der Waals surface area contributed by atoms with E-state index in [1.807, 2.05) is 0 Å². The minimum atomic E-state index is -1.16. The summed E-state index contributed by atoms with van der Waals surface area (Å²) in [6.07, 6.45) is -1.16. The third kappa shape index (κ3) is 3.53. The second-order valence-corrected chi connectivity index (χ2v) is 5.09. The second-order valence-electron chi connectivity index (χ2n) is 3.78. The largest absolute Gasteiger partial charge is 0.465 e. The van der Waals surface area contributed by atoms with E-state index in [1.165, 1.54) is 0 Å². The Balaban J connectivity index is 2.58. The minimum Gasteiger partial charge on any atom is -0.465 e. The van der Waals surface area contributed by atoms with Crippen molar-refractivity contribution in [3.8, 4) is 11.1 Å². The molecule has 0 radical (unpaired) electrons. The Morgan fingerprint density at radius 2 is 1.58 bits per heavy atom. The Morgan fingerprint density at radius 1 is 0.947 bits per heavy atom. The van der Waals surface area contributed by atoms with Crippen LogP contribution in [0.25, 0.3) is 11.1 Å². The molecule has 2 N–H and O–H groups in total. The van der Waals surface area contributed by atoms with E-state index in [1.54, 1.807) is 36.4 Å². The molecular weight excluding hydrogens is 309 g/mol. The first kappa shape index (κ1) is 14.0. The Hall–Kier alpha value is -1.42. The number of hydrogen-bond donors (Lipinski definition) is 2. The summed E-state index contributed by atoms with van der Waals surface area (Å²) in [7, 11) is 0. The molecule has 98 valence electrons. The predicted octanol–water partition coefficient (Wildman–Crippen LogP) is 5.40. The maximum absolute atomic E-state index is 10.8. The maximum atomic E-state index is 10.8. The zero-order chi connectivity index (χ0) is 14.0. The quantitative estimate of drug-likeness (QED) is 0.779. The van der Waals surface area contributed by atoms with Gasteiger partial charge in [0.25, 0.3) is 0 Å². The summed E-state index contributed by atoms with van der Waals surface area (Å²) in [6.45, 7) is 0. The molecule has 0 aromatic heterocycles. The molecule has 6 heteroatoms. The normalized spacial score (nSPS) is 10.3. The summed E-state index contributed by atoms with van der Waals surface area (Å²) >= 11 is 17.8. The van der Waals surface area contributed by atoms with Crippen LogP contribution in [0.3, 0.4) is 0 Å².